The monoisotopic (exact) mass is 291 g/mol. The van der Waals surface area contributed by atoms with Gasteiger partial charge in [0.1, 0.15) is 11.9 Å². The van der Waals surface area contributed by atoms with Crippen LogP contribution in [0.3, 0.4) is 0 Å². The topological polar surface area (TPSA) is 28.1 Å². The highest BCUT2D eigenvalue weighted by Gasteiger charge is 2.25. The Kier molecular flexibility index (Phi) is 4.39. The summed E-state index contributed by atoms with van der Waals surface area (Å²) in [7, 11) is 0. The van der Waals surface area contributed by atoms with Gasteiger partial charge < -0.3 is 9.74 Å². The molecule has 0 amide bonds. The summed E-state index contributed by atoms with van der Waals surface area (Å²) < 4.78 is 13.0. The zero-order valence-electron chi connectivity index (χ0n) is 12.5. The third-order valence-electron chi connectivity index (χ3n) is 4.23. The van der Waals surface area contributed by atoms with Gasteiger partial charge in [-0.3, -0.25) is 4.90 Å². The van der Waals surface area contributed by atoms with Gasteiger partial charge in [0, 0.05) is 44.8 Å². The van der Waals surface area contributed by atoms with Crippen LogP contribution in [-0.2, 0) is 4.84 Å². The standard InChI is InChI=1S/C16H22FN3O/c1-2-14-11-16(21-18-14)12-19-7-9-20(10-8-19)15-5-3-13(17)4-6-15/h3-6,16H,2,7-12H2,1H3. The molecule has 0 bridgehead atoms. The Balaban J connectivity index is 1.46. The van der Waals surface area contributed by atoms with Gasteiger partial charge in [-0.05, 0) is 30.7 Å². The molecule has 3 rings (SSSR count). The van der Waals surface area contributed by atoms with Gasteiger partial charge in [-0.15, -0.1) is 0 Å². The lowest BCUT2D eigenvalue weighted by molar-refractivity contribution is 0.0510. The van der Waals surface area contributed by atoms with Gasteiger partial charge in [0.2, 0.25) is 0 Å². The van der Waals surface area contributed by atoms with Crippen molar-refractivity contribution >= 4 is 11.4 Å². The third kappa shape index (κ3) is 3.53. The van der Waals surface area contributed by atoms with Crippen molar-refractivity contribution in [2.24, 2.45) is 5.16 Å². The Morgan fingerprint density at radius 3 is 2.52 bits per heavy atom. The molecule has 0 saturated carbocycles. The molecule has 0 aromatic heterocycles. The second kappa shape index (κ2) is 6.43. The number of hydrogen-bond acceptors (Lipinski definition) is 4. The summed E-state index contributed by atoms with van der Waals surface area (Å²) in [5.41, 5.74) is 2.27. The lowest BCUT2D eigenvalue weighted by Crippen LogP contribution is -2.48. The molecule has 1 fully saturated rings. The number of hydrogen-bond donors (Lipinski definition) is 0. The first-order valence-electron chi connectivity index (χ1n) is 7.69. The molecule has 0 spiro atoms. The fourth-order valence-corrected chi connectivity index (χ4v) is 2.92. The normalized spacial score (nSPS) is 23.0. The second-order valence-corrected chi connectivity index (χ2v) is 5.71. The lowest BCUT2D eigenvalue weighted by atomic mass is 10.1. The fraction of sp³-hybridized carbons (Fsp3) is 0.562. The van der Waals surface area contributed by atoms with E-state index in [2.05, 4.69) is 21.9 Å². The molecular weight excluding hydrogens is 269 g/mol. The number of oxime groups is 1. The van der Waals surface area contributed by atoms with Crippen LogP contribution in [0.5, 0.6) is 0 Å². The van der Waals surface area contributed by atoms with Gasteiger partial charge in [0.15, 0.2) is 0 Å². The quantitative estimate of drug-likeness (QED) is 0.853. The minimum atomic E-state index is -0.178. The Morgan fingerprint density at radius 2 is 1.90 bits per heavy atom. The average molecular weight is 291 g/mol. The first kappa shape index (κ1) is 14.3. The van der Waals surface area contributed by atoms with E-state index < -0.39 is 0 Å². The second-order valence-electron chi connectivity index (χ2n) is 5.71. The summed E-state index contributed by atoms with van der Waals surface area (Å²) in [4.78, 5) is 10.2. The van der Waals surface area contributed by atoms with Crippen LogP contribution in [0.4, 0.5) is 10.1 Å². The maximum Gasteiger partial charge on any atom is 0.145 e. The summed E-state index contributed by atoms with van der Waals surface area (Å²) in [6, 6.07) is 6.76. The number of benzene rings is 1. The van der Waals surface area contributed by atoms with E-state index >= 15 is 0 Å². The highest BCUT2D eigenvalue weighted by atomic mass is 19.1. The van der Waals surface area contributed by atoms with Crippen LogP contribution in [-0.4, -0.2) is 49.4 Å². The molecule has 114 valence electrons. The van der Waals surface area contributed by atoms with Gasteiger partial charge in [0.25, 0.3) is 0 Å². The van der Waals surface area contributed by atoms with Crippen LogP contribution in [0.1, 0.15) is 19.8 Å². The van der Waals surface area contributed by atoms with E-state index in [1.54, 1.807) is 0 Å². The highest BCUT2D eigenvalue weighted by molar-refractivity contribution is 5.85. The average Bonchev–Trinajstić information content (AvgIpc) is 2.97. The molecule has 2 aliphatic rings. The van der Waals surface area contributed by atoms with E-state index in [9.17, 15) is 4.39 Å². The van der Waals surface area contributed by atoms with E-state index in [0.29, 0.717) is 0 Å². The predicted molar refractivity (Wildman–Crippen MR) is 82.3 cm³/mol. The maximum absolute atomic E-state index is 13.0. The molecule has 2 heterocycles. The molecule has 1 unspecified atom stereocenters. The highest BCUT2D eigenvalue weighted by Crippen LogP contribution is 2.19. The lowest BCUT2D eigenvalue weighted by Gasteiger charge is -2.36. The van der Waals surface area contributed by atoms with Crippen LogP contribution in [0.15, 0.2) is 29.4 Å². The van der Waals surface area contributed by atoms with Gasteiger partial charge in [-0.2, -0.15) is 0 Å². The van der Waals surface area contributed by atoms with Crippen molar-refractivity contribution in [2.75, 3.05) is 37.6 Å². The molecule has 5 heteroatoms. The fourth-order valence-electron chi connectivity index (χ4n) is 2.92. The van der Waals surface area contributed by atoms with Crippen molar-refractivity contribution in [2.45, 2.75) is 25.9 Å². The minimum Gasteiger partial charge on any atom is -0.391 e. The van der Waals surface area contributed by atoms with Crippen LogP contribution >= 0.6 is 0 Å². The van der Waals surface area contributed by atoms with Crippen LogP contribution in [0.2, 0.25) is 0 Å². The molecule has 21 heavy (non-hydrogen) atoms. The van der Waals surface area contributed by atoms with Crippen LogP contribution in [0.25, 0.3) is 0 Å². The summed E-state index contributed by atoms with van der Waals surface area (Å²) >= 11 is 0. The van der Waals surface area contributed by atoms with Crippen molar-refractivity contribution < 1.29 is 9.23 Å². The number of anilines is 1. The SMILES string of the molecule is CCC1=NOC(CN2CCN(c3ccc(F)cc3)CC2)C1. The molecule has 0 aliphatic carbocycles. The Morgan fingerprint density at radius 1 is 1.19 bits per heavy atom. The van der Waals surface area contributed by atoms with Gasteiger partial charge in [-0.25, -0.2) is 4.39 Å². The largest absolute Gasteiger partial charge is 0.391 e. The Bertz CT molecular complexity index is 495. The van der Waals surface area contributed by atoms with E-state index in [0.717, 1.165) is 51.3 Å². The summed E-state index contributed by atoms with van der Waals surface area (Å²) in [5.74, 6) is -0.178. The van der Waals surface area contributed by atoms with Gasteiger partial charge in [-0.1, -0.05) is 12.1 Å². The third-order valence-corrected chi connectivity index (χ3v) is 4.23. The summed E-state index contributed by atoms with van der Waals surface area (Å²) in [6.07, 6.45) is 2.17. The van der Waals surface area contributed by atoms with E-state index in [1.807, 2.05) is 12.1 Å². The number of rotatable bonds is 4. The molecule has 0 N–H and O–H groups in total. The molecule has 1 saturated heterocycles. The van der Waals surface area contributed by atoms with Crippen LogP contribution < -0.4 is 4.90 Å². The van der Waals surface area contributed by atoms with Crippen molar-refractivity contribution in [3.05, 3.63) is 30.1 Å². The number of halogens is 1. The summed E-state index contributed by atoms with van der Waals surface area (Å²) in [5, 5.41) is 4.12. The minimum absolute atomic E-state index is 0.178. The van der Waals surface area contributed by atoms with Gasteiger partial charge in [0.05, 0.1) is 5.71 Å². The van der Waals surface area contributed by atoms with Crippen molar-refractivity contribution in [3.8, 4) is 0 Å². The predicted octanol–water partition coefficient (Wildman–Crippen LogP) is 2.50. The zero-order valence-corrected chi connectivity index (χ0v) is 12.5. The first-order valence-corrected chi connectivity index (χ1v) is 7.69. The van der Waals surface area contributed by atoms with Gasteiger partial charge >= 0.3 is 0 Å². The van der Waals surface area contributed by atoms with Crippen LogP contribution in [0, 0.1) is 5.82 Å². The summed E-state index contributed by atoms with van der Waals surface area (Å²) in [6.45, 7) is 7.04. The molecule has 1 aromatic rings. The van der Waals surface area contributed by atoms with E-state index in [-0.39, 0.29) is 11.9 Å². The maximum atomic E-state index is 13.0. The zero-order chi connectivity index (χ0) is 14.7. The molecule has 4 nitrogen and oxygen atoms in total. The molecule has 1 aromatic carbocycles. The Hall–Kier alpha value is -1.62. The van der Waals surface area contributed by atoms with E-state index in [1.165, 1.54) is 17.8 Å². The number of nitrogens with zero attached hydrogens (tertiary/aromatic N) is 3. The first-order chi connectivity index (χ1) is 10.2. The molecule has 0 radical (unpaired) electrons. The van der Waals surface area contributed by atoms with E-state index in [4.69, 9.17) is 4.84 Å². The number of piperazine rings is 1. The molecular formula is C16H22FN3O. The molecule has 1 atom stereocenters. The molecule has 2 aliphatic heterocycles. The van der Waals surface area contributed by atoms with Crippen molar-refractivity contribution in [1.82, 2.24) is 4.90 Å². The van der Waals surface area contributed by atoms with Crippen molar-refractivity contribution in [1.29, 1.82) is 0 Å². The Labute approximate surface area is 125 Å². The smallest absolute Gasteiger partial charge is 0.145 e. The van der Waals surface area contributed by atoms with Crippen molar-refractivity contribution in [3.63, 3.8) is 0 Å².